The maximum atomic E-state index is 12.3. The highest BCUT2D eigenvalue weighted by Crippen LogP contribution is 2.40. The number of nitro groups is 2. The van der Waals surface area contributed by atoms with Gasteiger partial charge in [0, 0.05) is 30.0 Å². The molecule has 0 aromatic heterocycles. The Morgan fingerprint density at radius 2 is 1.50 bits per heavy atom. The first kappa shape index (κ1) is 25.6. The van der Waals surface area contributed by atoms with E-state index in [1.807, 2.05) is 0 Å². The lowest BCUT2D eigenvalue weighted by Crippen LogP contribution is -2.41. The molecule has 0 amide bonds. The molecule has 0 radical (unpaired) electrons. The Labute approximate surface area is 210 Å². The Balaban J connectivity index is 1.89. The number of rotatable bonds is 10. The summed E-state index contributed by atoms with van der Waals surface area (Å²) in [6.45, 7) is 3.45. The van der Waals surface area contributed by atoms with Gasteiger partial charge < -0.3 is 9.47 Å². The molecule has 2 atom stereocenters. The highest BCUT2D eigenvalue weighted by molar-refractivity contribution is 5.71. The number of nitrogens with zero attached hydrogens (tertiary/aromatic N) is 4. The van der Waals surface area contributed by atoms with Crippen molar-refractivity contribution in [3.8, 4) is 11.5 Å². The third kappa shape index (κ3) is 5.33. The molecule has 0 bridgehead atoms. The van der Waals surface area contributed by atoms with E-state index in [9.17, 15) is 20.2 Å². The smallest absolute Gasteiger partial charge is 0.314 e. The van der Waals surface area contributed by atoms with Gasteiger partial charge in [0.05, 0.1) is 30.0 Å². The van der Waals surface area contributed by atoms with Gasteiger partial charge in [-0.1, -0.05) is 24.3 Å². The minimum Gasteiger partial charge on any atom is -0.490 e. The summed E-state index contributed by atoms with van der Waals surface area (Å²) in [5, 5.41) is 24.3. The molecule has 2 heterocycles. The number of para-hydroxylation sites is 2. The van der Waals surface area contributed by atoms with Gasteiger partial charge in [0.15, 0.2) is 11.5 Å². The van der Waals surface area contributed by atoms with E-state index in [0.29, 0.717) is 17.5 Å². The topological polar surface area (TPSA) is 111 Å². The fourth-order valence-electron chi connectivity index (χ4n) is 5.56. The van der Waals surface area contributed by atoms with Gasteiger partial charge in [-0.05, 0) is 44.5 Å². The van der Waals surface area contributed by atoms with Crippen molar-refractivity contribution in [3.63, 3.8) is 0 Å². The molecule has 0 saturated carbocycles. The van der Waals surface area contributed by atoms with E-state index in [0.717, 1.165) is 51.9 Å². The molecular formula is C26H33N4O6+. The predicted octanol–water partition coefficient (Wildman–Crippen LogP) is 4.19. The van der Waals surface area contributed by atoms with E-state index in [1.165, 1.54) is 14.2 Å². The number of ether oxygens (including phenoxy) is 2. The average molecular weight is 498 g/mol. The molecule has 2 aromatic rings. The van der Waals surface area contributed by atoms with Crippen LogP contribution in [0.3, 0.4) is 0 Å². The summed E-state index contributed by atoms with van der Waals surface area (Å²) in [6, 6.07) is 10.1. The number of hydrogen-bond acceptors (Lipinski definition) is 7. The van der Waals surface area contributed by atoms with Crippen LogP contribution >= 0.6 is 0 Å². The van der Waals surface area contributed by atoms with Crippen LogP contribution in [-0.2, 0) is 6.42 Å². The molecule has 192 valence electrons. The van der Waals surface area contributed by atoms with Crippen LogP contribution in [0.25, 0.3) is 0 Å². The zero-order valence-corrected chi connectivity index (χ0v) is 20.8. The van der Waals surface area contributed by atoms with Crippen LogP contribution in [0.15, 0.2) is 36.4 Å². The monoisotopic (exact) mass is 497 g/mol. The zero-order chi connectivity index (χ0) is 25.7. The number of hydrogen-bond donors (Lipinski definition) is 0. The number of likely N-dealkylation sites (tertiary alicyclic amines) is 1. The summed E-state index contributed by atoms with van der Waals surface area (Å²) in [5.74, 6) is 0.0671. The Kier molecular flexibility index (Phi) is 8.14. The fourth-order valence-corrected chi connectivity index (χ4v) is 5.56. The van der Waals surface area contributed by atoms with E-state index >= 15 is 0 Å². The second-order valence-electron chi connectivity index (χ2n) is 9.31. The van der Waals surface area contributed by atoms with Gasteiger partial charge in [0.25, 0.3) is 0 Å². The van der Waals surface area contributed by atoms with Crippen LogP contribution in [0.1, 0.15) is 42.7 Å². The van der Waals surface area contributed by atoms with E-state index in [1.54, 1.807) is 36.4 Å². The highest BCUT2D eigenvalue weighted by Gasteiger charge is 2.39. The van der Waals surface area contributed by atoms with Crippen molar-refractivity contribution in [2.45, 2.75) is 44.1 Å². The van der Waals surface area contributed by atoms with Crippen molar-refractivity contribution in [3.05, 3.63) is 67.8 Å². The molecule has 2 aliphatic rings. The summed E-state index contributed by atoms with van der Waals surface area (Å²) < 4.78 is 12.9. The maximum absolute atomic E-state index is 12.3. The van der Waals surface area contributed by atoms with Crippen molar-refractivity contribution >= 4 is 17.6 Å². The summed E-state index contributed by atoms with van der Waals surface area (Å²) in [7, 11) is 2.86. The first-order valence-corrected chi connectivity index (χ1v) is 12.4. The Hall–Kier alpha value is -3.53. The van der Waals surface area contributed by atoms with Crippen LogP contribution in [0, 0.1) is 20.2 Å². The van der Waals surface area contributed by atoms with Gasteiger partial charge >= 0.3 is 11.4 Å². The highest BCUT2D eigenvalue weighted by atomic mass is 16.6. The van der Waals surface area contributed by atoms with Crippen LogP contribution in [0.5, 0.6) is 11.5 Å². The molecule has 0 spiro atoms. The molecule has 4 rings (SSSR count). The predicted molar refractivity (Wildman–Crippen MR) is 136 cm³/mol. The lowest BCUT2D eigenvalue weighted by atomic mass is 9.85. The molecule has 0 aliphatic carbocycles. The first-order valence-electron chi connectivity index (χ1n) is 12.4. The molecule has 10 nitrogen and oxygen atoms in total. The van der Waals surface area contributed by atoms with E-state index in [2.05, 4.69) is 15.7 Å². The molecule has 0 N–H and O–H groups in total. The quantitative estimate of drug-likeness (QED) is 0.275. The average Bonchev–Trinajstić information content (AvgIpc) is 3.59. The van der Waals surface area contributed by atoms with Gasteiger partial charge in [0.1, 0.15) is 19.3 Å². The molecule has 2 fully saturated rings. The van der Waals surface area contributed by atoms with Crippen LogP contribution in [0.2, 0.25) is 0 Å². The van der Waals surface area contributed by atoms with Crippen molar-refractivity contribution in [1.29, 1.82) is 0 Å². The lowest BCUT2D eigenvalue weighted by Gasteiger charge is -2.32. The van der Waals surface area contributed by atoms with Crippen molar-refractivity contribution in [2.24, 2.45) is 0 Å². The van der Waals surface area contributed by atoms with E-state index in [4.69, 9.17) is 9.47 Å². The van der Waals surface area contributed by atoms with Crippen LogP contribution in [-0.4, -0.2) is 72.0 Å². The maximum Gasteiger partial charge on any atom is 0.314 e. The van der Waals surface area contributed by atoms with Gasteiger partial charge in [0.2, 0.25) is 0 Å². The molecule has 2 unspecified atom stereocenters. The van der Waals surface area contributed by atoms with Crippen molar-refractivity contribution in [1.82, 2.24) is 4.90 Å². The molecular weight excluding hydrogens is 464 g/mol. The van der Waals surface area contributed by atoms with E-state index < -0.39 is 4.92 Å². The fraction of sp³-hybridized carbons (Fsp3) is 0.500. The van der Waals surface area contributed by atoms with Crippen molar-refractivity contribution in [2.75, 3.05) is 40.4 Å². The molecule has 36 heavy (non-hydrogen) atoms. The number of nitro benzene ring substituents is 2. The number of methoxy groups -OCH3 is 2. The minimum atomic E-state index is -0.400. The molecule has 10 heteroatoms. The first-order chi connectivity index (χ1) is 17.4. The molecule has 2 aliphatic heterocycles. The largest absolute Gasteiger partial charge is 0.490 e. The summed E-state index contributed by atoms with van der Waals surface area (Å²) in [5.41, 5.74) is 1.02. The summed E-state index contributed by atoms with van der Waals surface area (Å²) in [4.78, 5) is 25.8. The normalized spacial score (nSPS) is 17.6. The Bertz CT molecular complexity index is 1140. The second-order valence-corrected chi connectivity index (χ2v) is 9.31. The molecule has 2 saturated heterocycles. The summed E-state index contributed by atoms with van der Waals surface area (Å²) in [6.07, 6.45) is 6.65. The zero-order valence-electron chi connectivity index (χ0n) is 20.8. The Morgan fingerprint density at radius 3 is 2.08 bits per heavy atom. The van der Waals surface area contributed by atoms with Gasteiger partial charge in [-0.25, -0.2) is 4.58 Å². The van der Waals surface area contributed by atoms with E-state index in [-0.39, 0.29) is 39.8 Å². The number of benzene rings is 2. The van der Waals surface area contributed by atoms with Crippen molar-refractivity contribution < 1.29 is 23.9 Å². The minimum absolute atomic E-state index is 0.0511. The second kappa shape index (κ2) is 11.5. The SMILES string of the molecule is COc1cccc(CC(C(C=[N+]2CCCC2)c2cccc(OC)c2[N+](=O)[O-])N2CCCC2)c1[N+](=O)[O-]. The third-order valence-corrected chi connectivity index (χ3v) is 7.24. The Morgan fingerprint density at radius 1 is 0.917 bits per heavy atom. The van der Waals surface area contributed by atoms with Crippen LogP contribution < -0.4 is 9.47 Å². The third-order valence-electron chi connectivity index (χ3n) is 7.24. The summed E-state index contributed by atoms with van der Waals surface area (Å²) >= 11 is 0. The van der Waals surface area contributed by atoms with Gasteiger partial charge in [-0.15, -0.1) is 0 Å². The van der Waals surface area contributed by atoms with Gasteiger partial charge in [-0.2, -0.15) is 0 Å². The van der Waals surface area contributed by atoms with Crippen LogP contribution in [0.4, 0.5) is 11.4 Å². The standard InChI is InChI=1S/C26H33N4O6/c1-35-23-11-7-9-19(25(23)29(31)32)17-22(28-15-5-6-16-28)21(18-27-13-3-4-14-27)20-10-8-12-24(36-2)26(20)30(33)34/h7-12,18,21-22H,3-6,13-17H2,1-2H3/q+1. The van der Waals surface area contributed by atoms with Gasteiger partial charge in [-0.3, -0.25) is 25.1 Å². The lowest BCUT2D eigenvalue weighted by molar-refractivity contribution is -0.503. The molecule has 2 aromatic carbocycles.